The van der Waals surface area contributed by atoms with Crippen molar-refractivity contribution in [2.24, 2.45) is 0 Å². The molecule has 0 aliphatic carbocycles. The molecule has 7 heteroatoms. The van der Waals surface area contributed by atoms with Crippen LogP contribution < -0.4 is 0 Å². The summed E-state index contributed by atoms with van der Waals surface area (Å²) in [6.07, 6.45) is -4.86. The minimum Gasteiger partial charge on any atom is -0.506 e. The van der Waals surface area contributed by atoms with Gasteiger partial charge in [0.2, 0.25) is 0 Å². The third-order valence-corrected chi connectivity index (χ3v) is 1.95. The number of methoxy groups -OCH3 is 1. The predicted molar refractivity (Wildman–Crippen MR) is 49.2 cm³/mol. The number of rotatable bonds is 1. The van der Waals surface area contributed by atoms with Gasteiger partial charge in [0, 0.05) is 0 Å². The van der Waals surface area contributed by atoms with Gasteiger partial charge in [-0.3, -0.25) is 0 Å². The zero-order chi connectivity index (χ0) is 13.2. The number of esters is 1. The van der Waals surface area contributed by atoms with Crippen molar-refractivity contribution < 1.29 is 27.8 Å². The Balaban J connectivity index is 3.54. The molecule has 1 rings (SSSR count). The number of halogens is 3. The summed E-state index contributed by atoms with van der Waals surface area (Å²) < 4.78 is 41.7. The van der Waals surface area contributed by atoms with E-state index < -0.39 is 34.6 Å². The van der Waals surface area contributed by atoms with Crippen LogP contribution in [0.25, 0.3) is 0 Å². The summed E-state index contributed by atoms with van der Waals surface area (Å²) in [5, 5.41) is 17.9. The number of carbonyl (C=O) groups excluding carboxylic acids is 1. The van der Waals surface area contributed by atoms with Gasteiger partial charge in [-0.25, -0.2) is 4.79 Å². The van der Waals surface area contributed by atoms with E-state index in [1.807, 2.05) is 0 Å². The number of aromatic hydroxyl groups is 1. The van der Waals surface area contributed by atoms with E-state index in [1.165, 1.54) is 6.07 Å². The Kier molecular flexibility index (Phi) is 3.27. The molecular weight excluding hydrogens is 239 g/mol. The zero-order valence-corrected chi connectivity index (χ0v) is 8.50. The molecule has 0 aliphatic heterocycles. The fourth-order valence-electron chi connectivity index (χ4n) is 1.18. The SMILES string of the molecule is COC(=O)c1cc(C#N)cc(C(F)(F)F)c1O. The summed E-state index contributed by atoms with van der Waals surface area (Å²) in [7, 11) is 0.952. The lowest BCUT2D eigenvalue weighted by molar-refractivity contribution is -0.138. The first-order valence-electron chi connectivity index (χ1n) is 4.24. The Morgan fingerprint density at radius 3 is 2.47 bits per heavy atom. The summed E-state index contributed by atoms with van der Waals surface area (Å²) >= 11 is 0. The standard InChI is InChI=1S/C10H6F3NO3/c1-17-9(16)6-2-5(4-14)3-7(8(6)15)10(11,12)13/h2-3,15H,1H3. The zero-order valence-electron chi connectivity index (χ0n) is 8.50. The number of hydrogen-bond donors (Lipinski definition) is 1. The molecule has 0 aromatic heterocycles. The Hall–Kier alpha value is -2.23. The molecule has 0 saturated carbocycles. The second-order valence-electron chi connectivity index (χ2n) is 3.02. The van der Waals surface area contributed by atoms with Gasteiger partial charge in [0.15, 0.2) is 0 Å². The van der Waals surface area contributed by atoms with Gasteiger partial charge in [-0.2, -0.15) is 18.4 Å². The summed E-state index contributed by atoms with van der Waals surface area (Å²) in [6, 6.07) is 2.76. The first-order valence-corrected chi connectivity index (χ1v) is 4.24. The highest BCUT2D eigenvalue weighted by molar-refractivity contribution is 5.93. The maximum absolute atomic E-state index is 12.5. The first kappa shape index (κ1) is 12.8. The van der Waals surface area contributed by atoms with Crippen molar-refractivity contribution in [3.05, 3.63) is 28.8 Å². The van der Waals surface area contributed by atoms with Crippen molar-refractivity contribution in [3.8, 4) is 11.8 Å². The van der Waals surface area contributed by atoms with Crippen molar-refractivity contribution in [3.63, 3.8) is 0 Å². The van der Waals surface area contributed by atoms with Gasteiger partial charge in [-0.05, 0) is 12.1 Å². The van der Waals surface area contributed by atoms with E-state index in [1.54, 1.807) is 0 Å². The van der Waals surface area contributed by atoms with Crippen LogP contribution in [0.4, 0.5) is 13.2 Å². The highest BCUT2D eigenvalue weighted by Gasteiger charge is 2.36. The molecule has 17 heavy (non-hydrogen) atoms. The minimum absolute atomic E-state index is 0.393. The number of nitrogens with zero attached hydrogens (tertiary/aromatic N) is 1. The molecule has 0 unspecified atom stereocenters. The van der Waals surface area contributed by atoms with E-state index in [4.69, 9.17) is 5.26 Å². The van der Waals surface area contributed by atoms with Crippen LogP contribution in [0.15, 0.2) is 12.1 Å². The Morgan fingerprint density at radius 2 is 2.06 bits per heavy atom. The van der Waals surface area contributed by atoms with E-state index in [2.05, 4.69) is 4.74 Å². The van der Waals surface area contributed by atoms with Gasteiger partial charge < -0.3 is 9.84 Å². The largest absolute Gasteiger partial charge is 0.506 e. The van der Waals surface area contributed by atoms with Crippen LogP contribution >= 0.6 is 0 Å². The van der Waals surface area contributed by atoms with Gasteiger partial charge in [-0.15, -0.1) is 0 Å². The van der Waals surface area contributed by atoms with Crippen LogP contribution in [-0.2, 0) is 10.9 Å². The molecule has 0 amide bonds. The lowest BCUT2D eigenvalue weighted by Crippen LogP contribution is -2.10. The molecule has 1 aromatic carbocycles. The molecule has 0 saturated heterocycles. The van der Waals surface area contributed by atoms with Crippen LogP contribution in [0, 0.1) is 11.3 Å². The van der Waals surface area contributed by atoms with Crippen molar-refractivity contribution in [2.75, 3.05) is 7.11 Å². The third-order valence-electron chi connectivity index (χ3n) is 1.95. The van der Waals surface area contributed by atoms with Gasteiger partial charge in [0.1, 0.15) is 11.3 Å². The Labute approximate surface area is 93.8 Å². The fraction of sp³-hybridized carbons (Fsp3) is 0.200. The van der Waals surface area contributed by atoms with Crippen molar-refractivity contribution >= 4 is 5.97 Å². The maximum Gasteiger partial charge on any atom is 0.420 e. The second kappa shape index (κ2) is 4.33. The monoisotopic (exact) mass is 245 g/mol. The topological polar surface area (TPSA) is 70.3 Å². The Morgan fingerprint density at radius 1 is 1.47 bits per heavy atom. The molecule has 0 fully saturated rings. The number of ether oxygens (including phenoxy) is 1. The van der Waals surface area contributed by atoms with Crippen LogP contribution in [0.1, 0.15) is 21.5 Å². The van der Waals surface area contributed by atoms with Crippen molar-refractivity contribution in [2.45, 2.75) is 6.18 Å². The molecule has 0 heterocycles. The van der Waals surface area contributed by atoms with Crippen LogP contribution in [0.2, 0.25) is 0 Å². The number of carbonyl (C=O) groups is 1. The number of phenols is 1. The van der Waals surface area contributed by atoms with E-state index in [9.17, 15) is 23.1 Å². The molecule has 1 N–H and O–H groups in total. The maximum atomic E-state index is 12.5. The van der Waals surface area contributed by atoms with Crippen molar-refractivity contribution in [1.82, 2.24) is 0 Å². The van der Waals surface area contributed by atoms with Crippen LogP contribution in [-0.4, -0.2) is 18.2 Å². The lowest BCUT2D eigenvalue weighted by atomic mass is 10.0. The molecule has 90 valence electrons. The van der Waals surface area contributed by atoms with Crippen molar-refractivity contribution in [1.29, 1.82) is 5.26 Å². The van der Waals surface area contributed by atoms with E-state index in [0.29, 0.717) is 6.07 Å². The van der Waals surface area contributed by atoms with Gasteiger partial charge in [0.25, 0.3) is 0 Å². The van der Waals surface area contributed by atoms with Crippen LogP contribution in [0.5, 0.6) is 5.75 Å². The molecule has 0 atom stereocenters. The van der Waals surface area contributed by atoms with E-state index >= 15 is 0 Å². The van der Waals surface area contributed by atoms with E-state index in [-0.39, 0.29) is 0 Å². The summed E-state index contributed by atoms with van der Waals surface area (Å²) in [5.74, 6) is -2.39. The summed E-state index contributed by atoms with van der Waals surface area (Å²) in [4.78, 5) is 11.1. The number of hydrogen-bond acceptors (Lipinski definition) is 4. The molecule has 0 radical (unpaired) electrons. The van der Waals surface area contributed by atoms with Crippen LogP contribution in [0.3, 0.4) is 0 Å². The number of phenolic OH excluding ortho intramolecular Hbond substituents is 1. The lowest BCUT2D eigenvalue weighted by Gasteiger charge is -2.11. The average molecular weight is 245 g/mol. The highest BCUT2D eigenvalue weighted by Crippen LogP contribution is 2.38. The molecule has 0 bridgehead atoms. The van der Waals surface area contributed by atoms with Gasteiger partial charge in [-0.1, -0.05) is 0 Å². The quantitative estimate of drug-likeness (QED) is 0.769. The average Bonchev–Trinajstić information content (AvgIpc) is 2.26. The van der Waals surface area contributed by atoms with E-state index in [0.717, 1.165) is 13.2 Å². The van der Waals surface area contributed by atoms with Gasteiger partial charge >= 0.3 is 12.1 Å². The summed E-state index contributed by atoms with van der Waals surface area (Å²) in [6.45, 7) is 0. The fourth-order valence-corrected chi connectivity index (χ4v) is 1.18. The highest BCUT2D eigenvalue weighted by atomic mass is 19.4. The first-order chi connectivity index (χ1) is 7.81. The Bertz CT molecular complexity index is 503. The predicted octanol–water partition coefficient (Wildman–Crippen LogP) is 2.07. The molecule has 4 nitrogen and oxygen atoms in total. The number of alkyl halides is 3. The minimum atomic E-state index is -4.86. The molecular formula is C10H6F3NO3. The normalized spacial score (nSPS) is 10.8. The molecule has 0 spiro atoms. The molecule has 1 aromatic rings. The smallest absolute Gasteiger partial charge is 0.420 e. The second-order valence-corrected chi connectivity index (χ2v) is 3.02. The van der Waals surface area contributed by atoms with Gasteiger partial charge in [0.05, 0.1) is 24.3 Å². The number of benzene rings is 1. The third kappa shape index (κ3) is 2.47. The number of nitriles is 1. The molecule has 0 aliphatic rings. The summed E-state index contributed by atoms with van der Waals surface area (Å²) in [5.41, 5.74) is -2.54.